The molecule has 1 amide bonds. The van der Waals surface area contributed by atoms with E-state index in [2.05, 4.69) is 20.3 Å². The Morgan fingerprint density at radius 1 is 1.19 bits per heavy atom. The van der Waals surface area contributed by atoms with Gasteiger partial charge in [-0.2, -0.15) is 0 Å². The number of carbonyl (C=O) groups excluding carboxylic acids is 1. The van der Waals surface area contributed by atoms with Crippen molar-refractivity contribution >= 4 is 22.6 Å². The van der Waals surface area contributed by atoms with Crippen molar-refractivity contribution in [2.45, 2.75) is 12.8 Å². The molecule has 3 N–H and O–H groups in total. The number of rotatable bonds is 4. The number of fused-ring (bicyclic) bond motifs is 1. The summed E-state index contributed by atoms with van der Waals surface area (Å²) in [4.78, 5) is 32.4. The number of pyridine rings is 1. The highest BCUT2D eigenvalue weighted by Crippen LogP contribution is 2.15. The lowest BCUT2D eigenvalue weighted by atomic mass is 10.1. The minimum absolute atomic E-state index is 0.0731. The van der Waals surface area contributed by atoms with Crippen LogP contribution in [0.3, 0.4) is 0 Å². The molecule has 0 radical (unpaired) electrons. The van der Waals surface area contributed by atoms with Crippen molar-refractivity contribution in [2.75, 3.05) is 5.32 Å². The van der Waals surface area contributed by atoms with Crippen molar-refractivity contribution in [3.63, 3.8) is 0 Å². The van der Waals surface area contributed by atoms with E-state index in [1.165, 1.54) is 0 Å². The van der Waals surface area contributed by atoms with Gasteiger partial charge in [-0.25, -0.2) is 4.79 Å². The lowest BCUT2D eigenvalue weighted by Gasteiger charge is -2.05. The second-order valence-corrected chi connectivity index (χ2v) is 4.75. The zero-order valence-corrected chi connectivity index (χ0v) is 11.2. The van der Waals surface area contributed by atoms with Crippen LogP contribution in [0.15, 0.2) is 47.5 Å². The van der Waals surface area contributed by atoms with Crippen LogP contribution < -0.4 is 11.0 Å². The highest BCUT2D eigenvalue weighted by atomic mass is 16.1. The van der Waals surface area contributed by atoms with Gasteiger partial charge >= 0.3 is 5.69 Å². The SMILES string of the molecule is O=C(CCc1cccnc1)Nc1ccc2[nH]c(=O)[nH]c2c1. The van der Waals surface area contributed by atoms with Crippen molar-refractivity contribution in [1.82, 2.24) is 15.0 Å². The monoisotopic (exact) mass is 282 g/mol. The predicted molar refractivity (Wildman–Crippen MR) is 80.1 cm³/mol. The quantitative estimate of drug-likeness (QED) is 0.681. The van der Waals surface area contributed by atoms with Gasteiger partial charge in [0.15, 0.2) is 0 Å². The van der Waals surface area contributed by atoms with E-state index in [4.69, 9.17) is 0 Å². The van der Waals surface area contributed by atoms with Crippen LogP contribution >= 0.6 is 0 Å². The van der Waals surface area contributed by atoms with Crippen molar-refractivity contribution in [3.05, 3.63) is 58.8 Å². The zero-order valence-electron chi connectivity index (χ0n) is 11.2. The summed E-state index contributed by atoms with van der Waals surface area (Å²) >= 11 is 0. The highest BCUT2D eigenvalue weighted by molar-refractivity contribution is 5.93. The highest BCUT2D eigenvalue weighted by Gasteiger charge is 2.05. The van der Waals surface area contributed by atoms with Crippen LogP contribution in [0.2, 0.25) is 0 Å². The third kappa shape index (κ3) is 3.17. The topological polar surface area (TPSA) is 90.6 Å². The molecule has 2 aromatic heterocycles. The Kier molecular flexibility index (Phi) is 3.51. The molecule has 6 nitrogen and oxygen atoms in total. The first-order valence-corrected chi connectivity index (χ1v) is 6.61. The van der Waals surface area contributed by atoms with Gasteiger partial charge in [0.1, 0.15) is 0 Å². The number of amides is 1. The Morgan fingerprint density at radius 2 is 2.05 bits per heavy atom. The number of benzene rings is 1. The van der Waals surface area contributed by atoms with Gasteiger partial charge in [0.2, 0.25) is 5.91 Å². The van der Waals surface area contributed by atoms with Crippen LogP contribution in [-0.4, -0.2) is 20.9 Å². The summed E-state index contributed by atoms with van der Waals surface area (Å²) in [5.74, 6) is -0.0731. The number of imidazole rings is 1. The second kappa shape index (κ2) is 5.62. The Balaban J connectivity index is 1.64. The molecule has 0 saturated heterocycles. The fourth-order valence-electron chi connectivity index (χ4n) is 2.14. The van der Waals surface area contributed by atoms with E-state index >= 15 is 0 Å². The maximum absolute atomic E-state index is 11.9. The number of aromatic nitrogens is 3. The molecule has 2 heterocycles. The molecule has 106 valence electrons. The maximum Gasteiger partial charge on any atom is 0.323 e. The molecular weight excluding hydrogens is 268 g/mol. The summed E-state index contributed by atoms with van der Waals surface area (Å²) in [6.45, 7) is 0. The first-order valence-electron chi connectivity index (χ1n) is 6.61. The molecule has 0 aliphatic heterocycles. The van der Waals surface area contributed by atoms with Crippen LogP contribution in [-0.2, 0) is 11.2 Å². The normalized spacial score (nSPS) is 10.7. The number of nitrogens with zero attached hydrogens (tertiary/aromatic N) is 1. The third-order valence-corrected chi connectivity index (χ3v) is 3.16. The number of aryl methyl sites for hydroxylation is 1. The van der Waals surface area contributed by atoms with E-state index in [0.717, 1.165) is 5.56 Å². The van der Waals surface area contributed by atoms with Crippen LogP contribution in [0.4, 0.5) is 5.69 Å². The van der Waals surface area contributed by atoms with Gasteiger partial charge in [0.25, 0.3) is 0 Å². The van der Waals surface area contributed by atoms with Gasteiger partial charge in [-0.05, 0) is 36.2 Å². The van der Waals surface area contributed by atoms with Gasteiger partial charge in [0, 0.05) is 24.5 Å². The molecule has 21 heavy (non-hydrogen) atoms. The molecule has 0 bridgehead atoms. The number of nitrogens with one attached hydrogen (secondary N) is 3. The largest absolute Gasteiger partial charge is 0.326 e. The molecule has 3 aromatic rings. The number of hydrogen-bond acceptors (Lipinski definition) is 3. The lowest BCUT2D eigenvalue weighted by Crippen LogP contribution is -2.12. The summed E-state index contributed by atoms with van der Waals surface area (Å²) in [6.07, 6.45) is 4.48. The summed E-state index contributed by atoms with van der Waals surface area (Å²) in [5.41, 5.74) is 2.82. The van der Waals surface area contributed by atoms with E-state index in [0.29, 0.717) is 29.6 Å². The van der Waals surface area contributed by atoms with Crippen LogP contribution in [0.25, 0.3) is 11.0 Å². The van der Waals surface area contributed by atoms with E-state index in [-0.39, 0.29) is 11.6 Å². The Hall–Kier alpha value is -2.89. The number of hydrogen-bond donors (Lipinski definition) is 3. The average Bonchev–Trinajstić information content (AvgIpc) is 2.85. The maximum atomic E-state index is 11.9. The van der Waals surface area contributed by atoms with Gasteiger partial charge in [-0.3, -0.25) is 9.78 Å². The number of carbonyl (C=O) groups is 1. The second-order valence-electron chi connectivity index (χ2n) is 4.75. The molecule has 0 spiro atoms. The summed E-state index contributed by atoms with van der Waals surface area (Å²) in [7, 11) is 0. The molecule has 6 heteroatoms. The first kappa shape index (κ1) is 13.1. The minimum Gasteiger partial charge on any atom is -0.326 e. The molecule has 0 aliphatic carbocycles. The Bertz CT molecular complexity index is 820. The average molecular weight is 282 g/mol. The zero-order chi connectivity index (χ0) is 14.7. The molecule has 0 unspecified atom stereocenters. The number of aromatic amines is 2. The van der Waals surface area contributed by atoms with Gasteiger partial charge in [0.05, 0.1) is 11.0 Å². The van der Waals surface area contributed by atoms with Gasteiger partial charge in [-0.1, -0.05) is 6.07 Å². The standard InChI is InChI=1S/C15H14N4O2/c20-14(6-3-10-2-1-7-16-9-10)17-11-4-5-12-13(8-11)19-15(21)18-12/h1-2,4-5,7-9H,3,6H2,(H,17,20)(H2,18,19,21). The molecular formula is C15H14N4O2. The molecule has 1 aromatic carbocycles. The van der Waals surface area contributed by atoms with Crippen molar-refractivity contribution in [2.24, 2.45) is 0 Å². The van der Waals surface area contributed by atoms with E-state index in [1.54, 1.807) is 30.6 Å². The number of anilines is 1. The fraction of sp³-hybridized carbons (Fsp3) is 0.133. The fourth-order valence-corrected chi connectivity index (χ4v) is 2.14. The van der Waals surface area contributed by atoms with Crippen molar-refractivity contribution in [1.29, 1.82) is 0 Å². The van der Waals surface area contributed by atoms with E-state index in [1.807, 2.05) is 12.1 Å². The lowest BCUT2D eigenvalue weighted by molar-refractivity contribution is -0.116. The van der Waals surface area contributed by atoms with Crippen molar-refractivity contribution < 1.29 is 4.79 Å². The summed E-state index contributed by atoms with van der Waals surface area (Å²) < 4.78 is 0. The third-order valence-electron chi connectivity index (χ3n) is 3.16. The van der Waals surface area contributed by atoms with Crippen LogP contribution in [0, 0.1) is 0 Å². The molecule has 0 atom stereocenters. The molecule has 0 aliphatic rings. The van der Waals surface area contributed by atoms with Crippen molar-refractivity contribution in [3.8, 4) is 0 Å². The number of H-pyrrole nitrogens is 2. The minimum atomic E-state index is -0.259. The molecule has 0 saturated carbocycles. The summed E-state index contributed by atoms with van der Waals surface area (Å²) in [5, 5.41) is 2.82. The first-order chi connectivity index (χ1) is 10.2. The van der Waals surface area contributed by atoms with E-state index < -0.39 is 0 Å². The Morgan fingerprint density at radius 3 is 2.86 bits per heavy atom. The van der Waals surface area contributed by atoms with Crippen LogP contribution in [0.5, 0.6) is 0 Å². The van der Waals surface area contributed by atoms with Gasteiger partial charge < -0.3 is 15.3 Å². The smallest absolute Gasteiger partial charge is 0.323 e. The van der Waals surface area contributed by atoms with Gasteiger partial charge in [-0.15, -0.1) is 0 Å². The Labute approximate surface area is 120 Å². The predicted octanol–water partition coefficient (Wildman–Crippen LogP) is 1.82. The van der Waals surface area contributed by atoms with Crippen LogP contribution in [0.1, 0.15) is 12.0 Å². The van der Waals surface area contributed by atoms with E-state index in [9.17, 15) is 9.59 Å². The summed E-state index contributed by atoms with van der Waals surface area (Å²) in [6, 6.07) is 9.04. The molecule has 0 fully saturated rings. The molecule has 3 rings (SSSR count).